The van der Waals surface area contributed by atoms with Gasteiger partial charge in [0, 0.05) is 28.7 Å². The van der Waals surface area contributed by atoms with Gasteiger partial charge in [-0.3, -0.25) is 9.69 Å². The molecule has 0 saturated carbocycles. The molecule has 0 aromatic heterocycles. The molecule has 5 heteroatoms. The number of carbonyl (C=O) groups is 1. The molecule has 0 unspecified atom stereocenters. The number of hydrogen-bond donors (Lipinski definition) is 0. The first-order valence-electron chi connectivity index (χ1n) is 9.84. The summed E-state index contributed by atoms with van der Waals surface area (Å²) >= 11 is 3.43. The standard InChI is InChI=1S/C25H20BrNO3/c1-16-24-19(14-27(15-29-24)13-18-5-3-2-4-6-18)12-21-23(28)22(30-25(16)21)11-17-7-9-20(26)10-8-17/h2-12H,13-15H2,1H3/b22-11-. The minimum absolute atomic E-state index is 0.0843. The third-order valence-corrected chi connectivity index (χ3v) is 5.95. The molecule has 2 heterocycles. The quantitative estimate of drug-likeness (QED) is 0.467. The first kappa shape index (κ1) is 19.1. The minimum Gasteiger partial charge on any atom is -0.477 e. The Kier molecular flexibility index (Phi) is 4.93. The SMILES string of the molecule is Cc1c2c(cc3c1O/C(=C\c1ccc(Br)cc1)C3=O)CN(Cc1ccccc1)CO2. The van der Waals surface area contributed by atoms with Crippen LogP contribution in [0, 0.1) is 6.92 Å². The third kappa shape index (κ3) is 3.55. The van der Waals surface area contributed by atoms with E-state index in [1.54, 1.807) is 6.08 Å². The van der Waals surface area contributed by atoms with Gasteiger partial charge >= 0.3 is 0 Å². The van der Waals surface area contributed by atoms with Crippen molar-refractivity contribution in [2.45, 2.75) is 20.0 Å². The average Bonchev–Trinajstić information content (AvgIpc) is 3.06. The molecule has 0 spiro atoms. The highest BCUT2D eigenvalue weighted by molar-refractivity contribution is 9.10. The lowest BCUT2D eigenvalue weighted by molar-refractivity contribution is 0.0876. The van der Waals surface area contributed by atoms with Crippen LogP contribution in [0.5, 0.6) is 11.5 Å². The molecule has 3 aromatic carbocycles. The van der Waals surface area contributed by atoms with Crippen molar-refractivity contribution in [1.82, 2.24) is 4.90 Å². The van der Waals surface area contributed by atoms with Crippen LogP contribution in [0.2, 0.25) is 0 Å². The Morgan fingerprint density at radius 1 is 1.07 bits per heavy atom. The lowest BCUT2D eigenvalue weighted by Crippen LogP contribution is -2.32. The van der Waals surface area contributed by atoms with Crippen molar-refractivity contribution in [2.24, 2.45) is 0 Å². The van der Waals surface area contributed by atoms with Crippen molar-refractivity contribution in [3.63, 3.8) is 0 Å². The summed E-state index contributed by atoms with van der Waals surface area (Å²) in [5.41, 5.74) is 4.67. The van der Waals surface area contributed by atoms with Crippen molar-refractivity contribution in [1.29, 1.82) is 0 Å². The Morgan fingerprint density at radius 2 is 1.83 bits per heavy atom. The minimum atomic E-state index is -0.0843. The van der Waals surface area contributed by atoms with Crippen LogP contribution in [-0.2, 0) is 13.1 Å². The van der Waals surface area contributed by atoms with E-state index in [9.17, 15) is 4.79 Å². The highest BCUT2D eigenvalue weighted by Crippen LogP contribution is 2.43. The molecule has 0 saturated heterocycles. The van der Waals surface area contributed by atoms with Crippen molar-refractivity contribution < 1.29 is 14.3 Å². The van der Waals surface area contributed by atoms with Crippen LogP contribution in [0.4, 0.5) is 0 Å². The summed E-state index contributed by atoms with van der Waals surface area (Å²) < 4.78 is 13.0. The number of carbonyl (C=O) groups excluding carboxylic acids is 1. The van der Waals surface area contributed by atoms with Gasteiger partial charge in [0.2, 0.25) is 5.78 Å². The third-order valence-electron chi connectivity index (χ3n) is 5.42. The van der Waals surface area contributed by atoms with E-state index < -0.39 is 0 Å². The number of allylic oxidation sites excluding steroid dienone is 1. The Bertz CT molecular complexity index is 1150. The molecule has 5 rings (SSSR count). The molecule has 2 aliphatic rings. The van der Waals surface area contributed by atoms with Gasteiger partial charge in [-0.05, 0) is 42.3 Å². The molecule has 0 atom stereocenters. The lowest BCUT2D eigenvalue weighted by Gasteiger charge is -2.30. The molecule has 0 aliphatic carbocycles. The van der Waals surface area contributed by atoms with E-state index in [0.29, 0.717) is 23.8 Å². The highest BCUT2D eigenvalue weighted by Gasteiger charge is 2.33. The van der Waals surface area contributed by atoms with Crippen LogP contribution < -0.4 is 9.47 Å². The zero-order valence-corrected chi connectivity index (χ0v) is 18.1. The number of nitrogens with zero attached hydrogens (tertiary/aromatic N) is 1. The van der Waals surface area contributed by atoms with Gasteiger partial charge < -0.3 is 9.47 Å². The second kappa shape index (κ2) is 7.74. The predicted octanol–water partition coefficient (Wildman–Crippen LogP) is 5.73. The molecular weight excluding hydrogens is 442 g/mol. The van der Waals surface area contributed by atoms with E-state index in [0.717, 1.165) is 40.0 Å². The largest absolute Gasteiger partial charge is 0.477 e. The van der Waals surface area contributed by atoms with Crippen molar-refractivity contribution >= 4 is 27.8 Å². The van der Waals surface area contributed by atoms with Crippen LogP contribution in [0.25, 0.3) is 6.08 Å². The average molecular weight is 462 g/mol. The molecule has 0 amide bonds. The topological polar surface area (TPSA) is 38.8 Å². The maximum absolute atomic E-state index is 13.0. The van der Waals surface area contributed by atoms with E-state index in [1.807, 2.05) is 55.5 Å². The van der Waals surface area contributed by atoms with Gasteiger partial charge in [0.15, 0.2) is 5.76 Å². The Labute approximate surface area is 183 Å². The molecule has 0 N–H and O–H groups in total. The fraction of sp³-hybridized carbons (Fsp3) is 0.160. The van der Waals surface area contributed by atoms with E-state index in [2.05, 4.69) is 33.0 Å². The molecule has 0 bridgehead atoms. The number of ketones is 1. The Balaban J connectivity index is 1.43. The molecule has 150 valence electrons. The molecule has 0 radical (unpaired) electrons. The molecule has 30 heavy (non-hydrogen) atoms. The van der Waals surface area contributed by atoms with E-state index in [4.69, 9.17) is 9.47 Å². The summed E-state index contributed by atoms with van der Waals surface area (Å²) in [5, 5.41) is 0. The second-order valence-electron chi connectivity index (χ2n) is 7.60. The molecule has 0 fully saturated rings. The van der Waals surface area contributed by atoms with Gasteiger partial charge in [-0.25, -0.2) is 0 Å². The van der Waals surface area contributed by atoms with Gasteiger partial charge in [-0.1, -0.05) is 58.4 Å². The van der Waals surface area contributed by atoms with Crippen LogP contribution in [0.15, 0.2) is 70.9 Å². The van der Waals surface area contributed by atoms with Gasteiger partial charge in [0.1, 0.15) is 18.2 Å². The summed E-state index contributed by atoms with van der Waals surface area (Å²) in [6.07, 6.45) is 1.79. The smallest absolute Gasteiger partial charge is 0.231 e. The molecular formula is C25H20BrNO3. The normalized spacial score (nSPS) is 16.7. The zero-order valence-electron chi connectivity index (χ0n) is 16.5. The summed E-state index contributed by atoms with van der Waals surface area (Å²) in [6.45, 7) is 4.00. The number of benzene rings is 3. The summed E-state index contributed by atoms with van der Waals surface area (Å²) in [5.74, 6) is 1.70. The van der Waals surface area contributed by atoms with Crippen molar-refractivity contribution in [2.75, 3.05) is 6.73 Å². The molecule has 3 aromatic rings. The summed E-state index contributed by atoms with van der Waals surface area (Å²) in [6, 6.07) is 20.0. The number of halogens is 1. The number of hydrogen-bond acceptors (Lipinski definition) is 4. The lowest BCUT2D eigenvalue weighted by atomic mass is 10.00. The number of Topliss-reactive ketones (excluding diaryl/α,β-unsaturated/α-hetero) is 1. The predicted molar refractivity (Wildman–Crippen MR) is 119 cm³/mol. The van der Waals surface area contributed by atoms with Crippen LogP contribution in [0.1, 0.15) is 32.6 Å². The number of rotatable bonds is 3. The van der Waals surface area contributed by atoms with Crippen molar-refractivity contribution in [3.05, 3.63) is 98.7 Å². The maximum atomic E-state index is 13.0. The fourth-order valence-corrected chi connectivity index (χ4v) is 4.21. The highest BCUT2D eigenvalue weighted by atomic mass is 79.9. The van der Waals surface area contributed by atoms with Gasteiger partial charge in [0.25, 0.3) is 0 Å². The monoisotopic (exact) mass is 461 g/mol. The van der Waals surface area contributed by atoms with E-state index >= 15 is 0 Å². The molecule has 4 nitrogen and oxygen atoms in total. The van der Waals surface area contributed by atoms with Gasteiger partial charge in [-0.2, -0.15) is 0 Å². The van der Waals surface area contributed by atoms with Crippen LogP contribution in [-0.4, -0.2) is 17.4 Å². The summed E-state index contributed by atoms with van der Waals surface area (Å²) in [4.78, 5) is 15.2. The number of ether oxygens (including phenoxy) is 2. The summed E-state index contributed by atoms with van der Waals surface area (Å²) in [7, 11) is 0. The fourth-order valence-electron chi connectivity index (χ4n) is 3.95. The second-order valence-corrected chi connectivity index (χ2v) is 8.52. The Hall–Kier alpha value is -2.89. The Morgan fingerprint density at radius 3 is 2.60 bits per heavy atom. The maximum Gasteiger partial charge on any atom is 0.231 e. The zero-order chi connectivity index (χ0) is 20.7. The van der Waals surface area contributed by atoms with Crippen LogP contribution in [0.3, 0.4) is 0 Å². The van der Waals surface area contributed by atoms with E-state index in [-0.39, 0.29) is 5.78 Å². The van der Waals surface area contributed by atoms with Gasteiger partial charge in [-0.15, -0.1) is 0 Å². The van der Waals surface area contributed by atoms with Crippen LogP contribution >= 0.6 is 15.9 Å². The molecule has 2 aliphatic heterocycles. The van der Waals surface area contributed by atoms with Gasteiger partial charge in [0.05, 0.1) is 5.56 Å². The number of fused-ring (bicyclic) bond motifs is 2. The first-order chi connectivity index (χ1) is 14.6. The first-order valence-corrected chi connectivity index (χ1v) is 10.6. The van der Waals surface area contributed by atoms with E-state index in [1.165, 1.54) is 5.56 Å². The van der Waals surface area contributed by atoms with Crippen molar-refractivity contribution in [3.8, 4) is 11.5 Å².